The molecule has 1 aromatic carbocycles. The van der Waals surface area contributed by atoms with Crippen LogP contribution in [0.2, 0.25) is 0 Å². The van der Waals surface area contributed by atoms with Gasteiger partial charge in [0.1, 0.15) is 5.76 Å². The molecule has 0 amide bonds. The van der Waals surface area contributed by atoms with Gasteiger partial charge in [0.15, 0.2) is 0 Å². The SMILES string of the molecule is COC1=CSc2c(C)cccc2C1. The zero-order valence-corrected chi connectivity index (χ0v) is 8.65. The molecule has 1 nitrogen and oxygen atoms in total. The fraction of sp³-hybridized carbons (Fsp3) is 0.273. The molecule has 1 aromatic rings. The van der Waals surface area contributed by atoms with Crippen LogP contribution in [0.1, 0.15) is 11.1 Å². The van der Waals surface area contributed by atoms with Crippen LogP contribution in [0.25, 0.3) is 0 Å². The Hall–Kier alpha value is -0.890. The van der Waals surface area contributed by atoms with Gasteiger partial charge in [-0.2, -0.15) is 0 Å². The van der Waals surface area contributed by atoms with Crippen molar-refractivity contribution in [2.75, 3.05) is 7.11 Å². The van der Waals surface area contributed by atoms with Gasteiger partial charge in [-0.05, 0) is 18.1 Å². The minimum Gasteiger partial charge on any atom is -0.500 e. The average molecular weight is 192 g/mol. The summed E-state index contributed by atoms with van der Waals surface area (Å²) in [7, 11) is 1.73. The molecule has 1 aliphatic rings. The van der Waals surface area contributed by atoms with Crippen molar-refractivity contribution in [2.24, 2.45) is 0 Å². The van der Waals surface area contributed by atoms with Crippen molar-refractivity contribution in [2.45, 2.75) is 18.2 Å². The first-order valence-corrected chi connectivity index (χ1v) is 5.17. The third-order valence-corrected chi connectivity index (χ3v) is 3.43. The average Bonchev–Trinajstić information content (AvgIpc) is 2.18. The van der Waals surface area contributed by atoms with Crippen molar-refractivity contribution in [3.63, 3.8) is 0 Å². The molecular formula is C11H12OS. The van der Waals surface area contributed by atoms with Crippen LogP contribution >= 0.6 is 11.8 Å². The van der Waals surface area contributed by atoms with E-state index in [2.05, 4.69) is 30.5 Å². The summed E-state index contributed by atoms with van der Waals surface area (Å²) in [6, 6.07) is 6.42. The van der Waals surface area contributed by atoms with Gasteiger partial charge >= 0.3 is 0 Å². The molecule has 2 heteroatoms. The van der Waals surface area contributed by atoms with Crippen LogP contribution in [0.3, 0.4) is 0 Å². The third-order valence-electron chi connectivity index (χ3n) is 2.23. The van der Waals surface area contributed by atoms with Crippen LogP contribution in [0.15, 0.2) is 34.3 Å². The Bertz CT molecular complexity index is 355. The predicted molar refractivity (Wildman–Crippen MR) is 55.8 cm³/mol. The summed E-state index contributed by atoms with van der Waals surface area (Å²) in [5.41, 5.74) is 2.73. The van der Waals surface area contributed by atoms with E-state index < -0.39 is 0 Å². The highest BCUT2D eigenvalue weighted by molar-refractivity contribution is 8.02. The lowest BCUT2D eigenvalue weighted by Gasteiger charge is -2.16. The first kappa shape index (κ1) is 8.70. The molecule has 1 heterocycles. The number of hydrogen-bond acceptors (Lipinski definition) is 2. The second-order valence-corrected chi connectivity index (χ2v) is 4.03. The normalized spacial score (nSPS) is 14.8. The Balaban J connectivity index is 2.38. The topological polar surface area (TPSA) is 9.23 Å². The van der Waals surface area contributed by atoms with E-state index in [-0.39, 0.29) is 0 Å². The minimum absolute atomic E-state index is 0.931. The van der Waals surface area contributed by atoms with Crippen molar-refractivity contribution in [3.8, 4) is 0 Å². The number of methoxy groups -OCH3 is 1. The quantitative estimate of drug-likeness (QED) is 0.676. The molecule has 68 valence electrons. The second-order valence-electron chi connectivity index (χ2n) is 3.15. The molecule has 0 N–H and O–H groups in total. The first-order valence-electron chi connectivity index (χ1n) is 4.29. The maximum Gasteiger partial charge on any atom is 0.107 e. The van der Waals surface area contributed by atoms with Gasteiger partial charge in [0, 0.05) is 16.7 Å². The number of allylic oxidation sites excluding steroid dienone is 1. The summed E-state index contributed by atoms with van der Waals surface area (Å²) in [5, 5.41) is 2.09. The highest BCUT2D eigenvalue weighted by Gasteiger charge is 2.12. The van der Waals surface area contributed by atoms with Gasteiger partial charge in [-0.3, -0.25) is 0 Å². The maximum atomic E-state index is 5.23. The zero-order valence-electron chi connectivity index (χ0n) is 7.83. The van der Waals surface area contributed by atoms with Gasteiger partial charge in [0.05, 0.1) is 7.11 Å². The van der Waals surface area contributed by atoms with Gasteiger partial charge in [0.2, 0.25) is 0 Å². The molecule has 0 aliphatic carbocycles. The maximum absolute atomic E-state index is 5.23. The van der Waals surface area contributed by atoms with Gasteiger partial charge in [0.25, 0.3) is 0 Å². The van der Waals surface area contributed by atoms with Gasteiger partial charge < -0.3 is 4.74 Å². The van der Waals surface area contributed by atoms with Crippen molar-refractivity contribution in [3.05, 3.63) is 40.5 Å². The highest BCUT2D eigenvalue weighted by atomic mass is 32.2. The van der Waals surface area contributed by atoms with Crippen LogP contribution in [-0.4, -0.2) is 7.11 Å². The molecular weight excluding hydrogens is 180 g/mol. The van der Waals surface area contributed by atoms with Crippen LogP contribution in [-0.2, 0) is 11.2 Å². The van der Waals surface area contributed by atoms with E-state index in [1.807, 2.05) is 0 Å². The number of aryl methyl sites for hydroxylation is 1. The van der Waals surface area contributed by atoms with E-state index in [1.54, 1.807) is 18.9 Å². The molecule has 0 radical (unpaired) electrons. The molecule has 0 atom stereocenters. The standard InChI is InChI=1S/C11H12OS/c1-8-4-3-5-9-6-10(12-2)7-13-11(8)9/h3-5,7H,6H2,1-2H3. The smallest absolute Gasteiger partial charge is 0.107 e. The Morgan fingerprint density at radius 3 is 3.00 bits per heavy atom. The summed E-state index contributed by atoms with van der Waals surface area (Å²) in [6.07, 6.45) is 0.931. The fourth-order valence-corrected chi connectivity index (χ4v) is 2.47. The Labute approximate surface area is 82.8 Å². The second kappa shape index (κ2) is 3.46. The third kappa shape index (κ3) is 1.59. The van der Waals surface area contributed by atoms with Gasteiger partial charge in [-0.15, -0.1) is 0 Å². The van der Waals surface area contributed by atoms with Gasteiger partial charge in [-0.1, -0.05) is 30.0 Å². The van der Waals surface area contributed by atoms with Crippen LogP contribution in [0.4, 0.5) is 0 Å². The number of hydrogen-bond donors (Lipinski definition) is 0. The van der Waals surface area contributed by atoms with Crippen molar-refractivity contribution < 1.29 is 4.74 Å². The molecule has 0 saturated carbocycles. The van der Waals surface area contributed by atoms with Crippen molar-refractivity contribution in [1.82, 2.24) is 0 Å². The van der Waals surface area contributed by atoms with Crippen LogP contribution in [0.5, 0.6) is 0 Å². The molecule has 0 aromatic heterocycles. The summed E-state index contributed by atoms with van der Waals surface area (Å²) in [6.45, 7) is 2.15. The molecule has 0 fully saturated rings. The zero-order chi connectivity index (χ0) is 9.26. The van der Waals surface area contributed by atoms with Crippen LogP contribution in [0, 0.1) is 6.92 Å². The minimum atomic E-state index is 0.931. The van der Waals surface area contributed by atoms with Gasteiger partial charge in [-0.25, -0.2) is 0 Å². The number of thioether (sulfide) groups is 1. The molecule has 0 saturated heterocycles. The largest absolute Gasteiger partial charge is 0.500 e. The van der Waals surface area contributed by atoms with Crippen LogP contribution < -0.4 is 0 Å². The summed E-state index contributed by atoms with van der Waals surface area (Å²) >= 11 is 1.76. The number of ether oxygens (including phenoxy) is 1. The lowest BCUT2D eigenvalue weighted by Crippen LogP contribution is -2.00. The monoisotopic (exact) mass is 192 g/mol. The summed E-state index contributed by atoms with van der Waals surface area (Å²) in [4.78, 5) is 1.39. The van der Waals surface area contributed by atoms with Crippen molar-refractivity contribution in [1.29, 1.82) is 0 Å². The number of rotatable bonds is 1. The van der Waals surface area contributed by atoms with E-state index in [1.165, 1.54) is 16.0 Å². The Morgan fingerprint density at radius 1 is 1.38 bits per heavy atom. The first-order chi connectivity index (χ1) is 6.31. The molecule has 0 spiro atoms. The van der Waals surface area contributed by atoms with E-state index in [0.29, 0.717) is 0 Å². The number of fused-ring (bicyclic) bond motifs is 1. The molecule has 0 bridgehead atoms. The molecule has 0 unspecified atom stereocenters. The predicted octanol–water partition coefficient (Wildman–Crippen LogP) is 3.13. The lowest BCUT2D eigenvalue weighted by molar-refractivity contribution is 0.283. The molecule has 13 heavy (non-hydrogen) atoms. The Morgan fingerprint density at radius 2 is 2.23 bits per heavy atom. The fourth-order valence-electron chi connectivity index (χ4n) is 1.50. The highest BCUT2D eigenvalue weighted by Crippen LogP contribution is 2.34. The van der Waals surface area contributed by atoms with Crippen molar-refractivity contribution >= 4 is 11.8 Å². The summed E-state index contributed by atoms with van der Waals surface area (Å²) < 4.78 is 5.23. The Kier molecular flexibility index (Phi) is 2.32. The lowest BCUT2D eigenvalue weighted by atomic mass is 10.1. The molecule has 2 rings (SSSR count). The molecule has 1 aliphatic heterocycles. The number of benzene rings is 1. The van der Waals surface area contributed by atoms with E-state index in [9.17, 15) is 0 Å². The summed E-state index contributed by atoms with van der Waals surface area (Å²) in [5.74, 6) is 1.06. The van der Waals surface area contributed by atoms with E-state index in [0.717, 1.165) is 12.2 Å². The van der Waals surface area contributed by atoms with E-state index in [4.69, 9.17) is 4.74 Å². The van der Waals surface area contributed by atoms with E-state index >= 15 is 0 Å².